The SMILES string of the molecule is N#CCN(CC#N)c1ncnc(Oc2ccccc2)c1[N+](=O)[O-]. The van der Waals surface area contributed by atoms with Crippen molar-refractivity contribution in [3.8, 4) is 23.8 Å². The van der Waals surface area contributed by atoms with Gasteiger partial charge in [0.1, 0.15) is 25.2 Å². The summed E-state index contributed by atoms with van der Waals surface area (Å²) in [7, 11) is 0. The van der Waals surface area contributed by atoms with Gasteiger partial charge >= 0.3 is 11.6 Å². The van der Waals surface area contributed by atoms with E-state index in [0.717, 1.165) is 6.33 Å². The molecule has 0 aliphatic carbocycles. The molecule has 2 rings (SSSR count). The first-order chi connectivity index (χ1) is 11.2. The Morgan fingerprint density at radius 1 is 1.17 bits per heavy atom. The Balaban J connectivity index is 2.48. The summed E-state index contributed by atoms with van der Waals surface area (Å²) in [5.74, 6) is -0.0292. The first-order valence-corrected chi connectivity index (χ1v) is 6.38. The van der Waals surface area contributed by atoms with Crippen molar-refractivity contribution in [2.24, 2.45) is 0 Å². The summed E-state index contributed by atoms with van der Waals surface area (Å²) in [5, 5.41) is 29.0. The van der Waals surface area contributed by atoms with Gasteiger partial charge in [0.15, 0.2) is 0 Å². The third-order valence-corrected chi connectivity index (χ3v) is 2.73. The smallest absolute Gasteiger partial charge is 0.373 e. The van der Waals surface area contributed by atoms with Crippen LogP contribution in [0.25, 0.3) is 0 Å². The molecule has 1 heterocycles. The summed E-state index contributed by atoms with van der Waals surface area (Å²) in [6.07, 6.45) is 1.09. The molecule has 0 aliphatic rings. The van der Waals surface area contributed by atoms with Crippen LogP contribution < -0.4 is 9.64 Å². The fourth-order valence-corrected chi connectivity index (χ4v) is 1.80. The fourth-order valence-electron chi connectivity index (χ4n) is 1.80. The van der Waals surface area contributed by atoms with E-state index in [1.54, 1.807) is 30.3 Å². The lowest BCUT2D eigenvalue weighted by atomic mass is 10.3. The van der Waals surface area contributed by atoms with Gasteiger partial charge in [0.25, 0.3) is 0 Å². The van der Waals surface area contributed by atoms with Crippen molar-refractivity contribution in [3.05, 3.63) is 46.8 Å². The molecule has 0 atom stereocenters. The first kappa shape index (κ1) is 15.7. The van der Waals surface area contributed by atoms with Crippen LogP contribution in [0.4, 0.5) is 11.5 Å². The number of rotatable bonds is 6. The number of hydrogen-bond acceptors (Lipinski definition) is 8. The van der Waals surface area contributed by atoms with Crippen LogP contribution in [0.2, 0.25) is 0 Å². The lowest BCUT2D eigenvalue weighted by Crippen LogP contribution is -2.26. The Bertz CT molecular complexity index is 765. The number of ether oxygens (including phenoxy) is 1. The van der Waals surface area contributed by atoms with Crippen LogP contribution in [-0.4, -0.2) is 28.0 Å². The summed E-state index contributed by atoms with van der Waals surface area (Å²) in [5.41, 5.74) is -0.498. The number of nitriles is 2. The largest absolute Gasteiger partial charge is 0.434 e. The lowest BCUT2D eigenvalue weighted by Gasteiger charge is -2.17. The van der Waals surface area contributed by atoms with E-state index in [9.17, 15) is 10.1 Å². The summed E-state index contributed by atoms with van der Waals surface area (Å²) in [6, 6.07) is 12.1. The second-order valence-corrected chi connectivity index (χ2v) is 4.20. The monoisotopic (exact) mass is 310 g/mol. The van der Waals surface area contributed by atoms with Gasteiger partial charge in [-0.25, -0.2) is 4.98 Å². The van der Waals surface area contributed by atoms with Crippen molar-refractivity contribution in [2.75, 3.05) is 18.0 Å². The first-order valence-electron chi connectivity index (χ1n) is 6.38. The van der Waals surface area contributed by atoms with Crippen LogP contribution >= 0.6 is 0 Å². The second-order valence-electron chi connectivity index (χ2n) is 4.20. The Hall–Kier alpha value is -3.72. The second kappa shape index (κ2) is 7.33. The molecule has 0 N–H and O–H groups in total. The van der Waals surface area contributed by atoms with Gasteiger partial charge in [0.2, 0.25) is 5.82 Å². The van der Waals surface area contributed by atoms with Gasteiger partial charge in [-0.1, -0.05) is 18.2 Å². The van der Waals surface area contributed by atoms with Crippen molar-refractivity contribution in [3.63, 3.8) is 0 Å². The van der Waals surface area contributed by atoms with Gasteiger partial charge < -0.3 is 9.64 Å². The Morgan fingerprint density at radius 2 is 1.83 bits per heavy atom. The molecular formula is C14H10N6O3. The van der Waals surface area contributed by atoms with E-state index in [2.05, 4.69) is 9.97 Å². The van der Waals surface area contributed by atoms with E-state index in [1.807, 2.05) is 12.1 Å². The molecule has 23 heavy (non-hydrogen) atoms. The highest BCUT2D eigenvalue weighted by Crippen LogP contribution is 2.35. The van der Waals surface area contributed by atoms with Gasteiger partial charge in [-0.15, -0.1) is 0 Å². The maximum atomic E-state index is 11.4. The Morgan fingerprint density at radius 3 is 2.39 bits per heavy atom. The molecule has 2 aromatic rings. The van der Waals surface area contributed by atoms with Crippen molar-refractivity contribution >= 4 is 11.5 Å². The van der Waals surface area contributed by atoms with Crippen LogP contribution in [0.1, 0.15) is 0 Å². The average molecular weight is 310 g/mol. The highest BCUT2D eigenvalue weighted by Gasteiger charge is 2.28. The third kappa shape index (κ3) is 3.68. The van der Waals surface area contributed by atoms with Crippen molar-refractivity contribution in [1.29, 1.82) is 10.5 Å². The number of nitrogens with zero attached hydrogens (tertiary/aromatic N) is 6. The lowest BCUT2D eigenvalue weighted by molar-refractivity contribution is -0.385. The van der Waals surface area contributed by atoms with Gasteiger partial charge in [-0.05, 0) is 12.1 Å². The van der Waals surface area contributed by atoms with Gasteiger partial charge in [-0.2, -0.15) is 15.5 Å². The van der Waals surface area contributed by atoms with E-state index in [0.29, 0.717) is 5.75 Å². The number of aromatic nitrogens is 2. The minimum Gasteiger partial charge on any atom is -0.434 e. The molecule has 0 unspecified atom stereocenters. The maximum Gasteiger partial charge on any atom is 0.373 e. The normalized spacial score (nSPS) is 9.48. The minimum atomic E-state index is -0.699. The van der Waals surface area contributed by atoms with Crippen LogP contribution in [0.15, 0.2) is 36.7 Å². The van der Waals surface area contributed by atoms with Gasteiger partial charge in [-0.3, -0.25) is 10.1 Å². The van der Waals surface area contributed by atoms with E-state index >= 15 is 0 Å². The molecule has 0 saturated heterocycles. The molecule has 0 saturated carbocycles. The molecule has 0 bridgehead atoms. The van der Waals surface area contributed by atoms with E-state index < -0.39 is 10.6 Å². The molecule has 1 aromatic heterocycles. The van der Waals surface area contributed by atoms with Crippen LogP contribution in [0, 0.1) is 32.8 Å². The third-order valence-electron chi connectivity index (χ3n) is 2.73. The summed E-state index contributed by atoms with van der Waals surface area (Å²) in [6.45, 7) is -0.452. The number of para-hydroxylation sites is 1. The molecule has 0 amide bonds. The highest BCUT2D eigenvalue weighted by atomic mass is 16.6. The number of nitro groups is 1. The van der Waals surface area contributed by atoms with Crippen molar-refractivity contribution in [1.82, 2.24) is 9.97 Å². The molecule has 114 valence electrons. The van der Waals surface area contributed by atoms with Gasteiger partial charge in [0, 0.05) is 0 Å². The molecule has 9 nitrogen and oxygen atoms in total. The Kier molecular flexibility index (Phi) is 5.00. The quantitative estimate of drug-likeness (QED) is 0.450. The highest BCUT2D eigenvalue weighted by molar-refractivity contribution is 5.64. The molecule has 0 fully saturated rings. The zero-order valence-electron chi connectivity index (χ0n) is 11.8. The van der Waals surface area contributed by atoms with Crippen molar-refractivity contribution < 1.29 is 9.66 Å². The summed E-state index contributed by atoms with van der Waals surface area (Å²) >= 11 is 0. The number of benzene rings is 1. The van der Waals surface area contributed by atoms with Crippen LogP contribution in [0.3, 0.4) is 0 Å². The number of anilines is 1. The molecular weight excluding hydrogens is 300 g/mol. The summed E-state index contributed by atoms with van der Waals surface area (Å²) in [4.78, 5) is 19.5. The zero-order valence-corrected chi connectivity index (χ0v) is 11.8. The standard InChI is InChI=1S/C14H10N6O3/c15-6-8-19(9-7-16)13-12(20(21)22)14(18-10-17-13)23-11-4-2-1-3-5-11/h1-5,10H,8-9H2. The predicted molar refractivity (Wildman–Crippen MR) is 78.6 cm³/mol. The van der Waals surface area contributed by atoms with Crippen LogP contribution in [0.5, 0.6) is 11.6 Å². The molecule has 0 radical (unpaired) electrons. The maximum absolute atomic E-state index is 11.4. The van der Waals surface area contributed by atoms with Crippen LogP contribution in [-0.2, 0) is 0 Å². The fraction of sp³-hybridized carbons (Fsp3) is 0.143. The average Bonchev–Trinajstić information content (AvgIpc) is 2.55. The number of hydrogen-bond donors (Lipinski definition) is 0. The van der Waals surface area contributed by atoms with E-state index in [4.69, 9.17) is 15.3 Å². The summed E-state index contributed by atoms with van der Waals surface area (Å²) < 4.78 is 5.43. The predicted octanol–water partition coefficient (Wildman–Crippen LogP) is 2.03. The van der Waals surface area contributed by atoms with Crippen molar-refractivity contribution in [2.45, 2.75) is 0 Å². The van der Waals surface area contributed by atoms with Gasteiger partial charge in [0.05, 0.1) is 17.1 Å². The van der Waals surface area contributed by atoms with E-state index in [-0.39, 0.29) is 24.8 Å². The molecule has 0 aliphatic heterocycles. The molecule has 0 spiro atoms. The Labute approximate surface area is 131 Å². The topological polar surface area (TPSA) is 129 Å². The molecule has 1 aromatic carbocycles. The zero-order chi connectivity index (χ0) is 16.7. The minimum absolute atomic E-state index is 0.140. The molecule has 9 heteroatoms. The van der Waals surface area contributed by atoms with E-state index in [1.165, 1.54) is 4.90 Å².